The van der Waals surface area contributed by atoms with Gasteiger partial charge in [-0.1, -0.05) is 24.0 Å². The molecule has 0 unspecified atom stereocenters. The summed E-state index contributed by atoms with van der Waals surface area (Å²) >= 11 is 0. The number of carbonyl (C=O) groups excluding carboxylic acids is 4. The van der Waals surface area contributed by atoms with Gasteiger partial charge in [-0.25, -0.2) is 0 Å². The first-order valence-electron chi connectivity index (χ1n) is 7.84. The van der Waals surface area contributed by atoms with Crippen molar-refractivity contribution in [2.75, 3.05) is 14.1 Å². The Balaban J connectivity index is 1.84. The average Bonchev–Trinajstić information content (AvgIpc) is 3.01. The van der Waals surface area contributed by atoms with Crippen molar-refractivity contribution in [3.05, 3.63) is 69.8 Å². The summed E-state index contributed by atoms with van der Waals surface area (Å²) in [6.07, 6.45) is 0. The average molecular weight is 344 g/mol. The maximum atomic E-state index is 12.3. The van der Waals surface area contributed by atoms with E-state index in [1.807, 2.05) is 0 Å². The molecule has 0 radical (unpaired) electrons. The Morgan fingerprint density at radius 3 is 1.38 bits per heavy atom. The zero-order chi connectivity index (χ0) is 18.6. The van der Waals surface area contributed by atoms with Gasteiger partial charge in [0.1, 0.15) is 0 Å². The van der Waals surface area contributed by atoms with E-state index in [0.29, 0.717) is 22.3 Å². The first-order valence-corrected chi connectivity index (χ1v) is 7.84. The lowest BCUT2D eigenvalue weighted by molar-refractivity contribution is 0.0677. The second kappa shape index (κ2) is 5.39. The van der Waals surface area contributed by atoms with Gasteiger partial charge < -0.3 is 0 Å². The second-order valence-corrected chi connectivity index (χ2v) is 6.04. The third-order valence-electron chi connectivity index (χ3n) is 4.57. The molecule has 0 fully saturated rings. The Bertz CT molecular complexity index is 1020. The van der Waals surface area contributed by atoms with Crippen molar-refractivity contribution in [2.45, 2.75) is 0 Å². The van der Waals surface area contributed by atoms with Crippen molar-refractivity contribution in [1.82, 2.24) is 9.80 Å². The lowest BCUT2D eigenvalue weighted by Crippen LogP contribution is -2.24. The van der Waals surface area contributed by atoms with Gasteiger partial charge in [-0.2, -0.15) is 0 Å². The molecule has 0 aromatic heterocycles. The van der Waals surface area contributed by atoms with Gasteiger partial charge in [0.25, 0.3) is 23.6 Å². The third-order valence-corrected chi connectivity index (χ3v) is 4.57. The topological polar surface area (TPSA) is 74.8 Å². The first-order chi connectivity index (χ1) is 12.4. The zero-order valence-corrected chi connectivity index (χ0v) is 14.0. The smallest absolute Gasteiger partial charge is 0.262 e. The molecule has 126 valence electrons. The molecular weight excluding hydrogens is 332 g/mol. The van der Waals surface area contributed by atoms with Crippen LogP contribution in [0.1, 0.15) is 52.6 Å². The summed E-state index contributed by atoms with van der Waals surface area (Å²) in [6.45, 7) is 0. The fourth-order valence-corrected chi connectivity index (χ4v) is 3.15. The molecule has 0 spiro atoms. The van der Waals surface area contributed by atoms with Gasteiger partial charge in [-0.15, -0.1) is 0 Å². The van der Waals surface area contributed by atoms with Crippen LogP contribution in [0.15, 0.2) is 36.4 Å². The maximum Gasteiger partial charge on any atom is 0.262 e. The first kappa shape index (κ1) is 15.8. The molecule has 0 saturated carbocycles. The van der Waals surface area contributed by atoms with E-state index in [0.717, 1.165) is 9.80 Å². The number of fused-ring (bicyclic) bond motifs is 2. The Labute approximate surface area is 149 Å². The molecule has 26 heavy (non-hydrogen) atoms. The van der Waals surface area contributed by atoms with E-state index in [1.165, 1.54) is 14.1 Å². The maximum absolute atomic E-state index is 12.3. The van der Waals surface area contributed by atoms with Gasteiger partial charge in [0.2, 0.25) is 0 Å². The predicted octanol–water partition coefficient (Wildman–Crippen LogP) is 1.54. The molecule has 2 aromatic rings. The van der Waals surface area contributed by atoms with Crippen LogP contribution in [0.5, 0.6) is 0 Å². The highest BCUT2D eigenvalue weighted by molar-refractivity contribution is 6.23. The van der Waals surface area contributed by atoms with Crippen molar-refractivity contribution in [2.24, 2.45) is 0 Å². The molecule has 2 aliphatic heterocycles. The third kappa shape index (κ3) is 2.01. The molecule has 6 nitrogen and oxygen atoms in total. The largest absolute Gasteiger partial charge is 0.277 e. The standard InChI is InChI=1S/C20H12N2O4/c1-21-17(23)13-7-3-5-11(15(13)19(21)25)9-10-12-6-4-8-14-16(12)20(26)22(2)18(14)24/h3-8H,1-2H3. The van der Waals surface area contributed by atoms with E-state index in [9.17, 15) is 19.2 Å². The quantitative estimate of drug-likeness (QED) is 0.537. The minimum Gasteiger partial charge on any atom is -0.277 e. The lowest BCUT2D eigenvalue weighted by Gasteiger charge is -2.03. The summed E-state index contributed by atoms with van der Waals surface area (Å²) < 4.78 is 0. The van der Waals surface area contributed by atoms with Crippen LogP contribution in [0, 0.1) is 11.8 Å². The van der Waals surface area contributed by atoms with Crippen LogP contribution >= 0.6 is 0 Å². The van der Waals surface area contributed by atoms with E-state index < -0.39 is 11.8 Å². The van der Waals surface area contributed by atoms with Crippen molar-refractivity contribution < 1.29 is 19.2 Å². The van der Waals surface area contributed by atoms with Crippen molar-refractivity contribution in [3.63, 3.8) is 0 Å². The Hall–Kier alpha value is -3.72. The molecule has 2 aromatic carbocycles. The molecule has 0 atom stereocenters. The van der Waals surface area contributed by atoms with E-state index in [1.54, 1.807) is 36.4 Å². The number of nitrogens with zero attached hydrogens (tertiary/aromatic N) is 2. The van der Waals surface area contributed by atoms with Gasteiger partial charge in [-0.05, 0) is 24.3 Å². The van der Waals surface area contributed by atoms with E-state index >= 15 is 0 Å². The summed E-state index contributed by atoms with van der Waals surface area (Å²) in [5.41, 5.74) is 1.97. The van der Waals surface area contributed by atoms with Crippen LogP contribution in [0.25, 0.3) is 0 Å². The van der Waals surface area contributed by atoms with Crippen LogP contribution in [0.4, 0.5) is 0 Å². The fourth-order valence-electron chi connectivity index (χ4n) is 3.15. The monoisotopic (exact) mass is 344 g/mol. The van der Waals surface area contributed by atoms with Gasteiger partial charge >= 0.3 is 0 Å². The predicted molar refractivity (Wildman–Crippen MR) is 91.7 cm³/mol. The van der Waals surface area contributed by atoms with Gasteiger partial charge in [0.15, 0.2) is 0 Å². The zero-order valence-electron chi connectivity index (χ0n) is 14.0. The molecule has 6 heteroatoms. The Kier molecular flexibility index (Phi) is 3.28. The molecule has 0 N–H and O–H groups in total. The van der Waals surface area contributed by atoms with E-state index in [2.05, 4.69) is 11.8 Å². The molecular formula is C20H12N2O4. The van der Waals surface area contributed by atoms with E-state index in [-0.39, 0.29) is 22.9 Å². The van der Waals surface area contributed by atoms with E-state index in [4.69, 9.17) is 0 Å². The van der Waals surface area contributed by atoms with Crippen molar-refractivity contribution >= 4 is 23.6 Å². The number of imide groups is 2. The van der Waals surface area contributed by atoms with Gasteiger partial charge in [0.05, 0.1) is 22.3 Å². The number of amides is 4. The summed E-state index contributed by atoms with van der Waals surface area (Å²) in [6, 6.07) is 9.79. The SMILES string of the molecule is CN1C(=O)c2cccc(C#Cc3cccc4c3C(=O)N(C)C4=O)c2C1=O. The number of hydrogen-bond donors (Lipinski definition) is 0. The summed E-state index contributed by atoms with van der Waals surface area (Å²) in [7, 11) is 2.85. The van der Waals surface area contributed by atoms with Crippen molar-refractivity contribution in [1.29, 1.82) is 0 Å². The number of carbonyl (C=O) groups is 4. The van der Waals surface area contributed by atoms with Gasteiger partial charge in [0, 0.05) is 25.2 Å². The Morgan fingerprint density at radius 1 is 0.615 bits per heavy atom. The molecule has 0 saturated heterocycles. The molecule has 2 aliphatic rings. The Morgan fingerprint density at radius 2 is 1.00 bits per heavy atom. The summed E-state index contributed by atoms with van der Waals surface area (Å²) in [5.74, 6) is 4.23. The van der Waals surface area contributed by atoms with Crippen molar-refractivity contribution in [3.8, 4) is 11.8 Å². The highest BCUT2D eigenvalue weighted by Gasteiger charge is 2.35. The normalized spacial score (nSPS) is 15.2. The summed E-state index contributed by atoms with van der Waals surface area (Å²) in [4.78, 5) is 50.8. The van der Waals surface area contributed by atoms with Crippen LogP contribution in [-0.4, -0.2) is 47.5 Å². The molecule has 2 heterocycles. The van der Waals surface area contributed by atoms with Crippen LogP contribution in [0.3, 0.4) is 0 Å². The molecule has 0 aliphatic carbocycles. The molecule has 4 amide bonds. The lowest BCUT2D eigenvalue weighted by atomic mass is 10.0. The fraction of sp³-hybridized carbons (Fsp3) is 0.100. The molecule has 0 bridgehead atoms. The highest BCUT2D eigenvalue weighted by Crippen LogP contribution is 2.26. The number of benzene rings is 2. The number of rotatable bonds is 0. The second-order valence-electron chi connectivity index (χ2n) is 6.04. The minimum atomic E-state index is -0.404. The molecule has 4 rings (SSSR count). The number of hydrogen-bond acceptors (Lipinski definition) is 4. The van der Waals surface area contributed by atoms with Crippen LogP contribution < -0.4 is 0 Å². The highest BCUT2D eigenvalue weighted by atomic mass is 16.2. The summed E-state index contributed by atoms with van der Waals surface area (Å²) in [5, 5.41) is 0. The van der Waals surface area contributed by atoms with Crippen LogP contribution in [-0.2, 0) is 0 Å². The minimum absolute atomic E-state index is 0.264. The van der Waals surface area contributed by atoms with Gasteiger partial charge in [-0.3, -0.25) is 29.0 Å². The van der Waals surface area contributed by atoms with Crippen LogP contribution in [0.2, 0.25) is 0 Å².